The first-order chi connectivity index (χ1) is 16.8. The Labute approximate surface area is 210 Å². The number of ether oxygens (including phenoxy) is 1. The molecule has 9 heteroatoms. The molecular formula is C27H31N3O5S. The number of aromatic nitrogens is 2. The van der Waals surface area contributed by atoms with Crippen LogP contribution in [0.3, 0.4) is 0 Å². The second-order valence-electron chi connectivity index (χ2n) is 10.2. The number of nitrogens with one attached hydrogen (secondary N) is 2. The van der Waals surface area contributed by atoms with Crippen molar-refractivity contribution in [3.63, 3.8) is 0 Å². The largest absolute Gasteiger partial charge is 0.496 e. The normalized spacial score (nSPS) is 15.4. The highest BCUT2D eigenvalue weighted by Crippen LogP contribution is 2.44. The molecule has 3 aromatic rings. The molecule has 1 atom stereocenters. The smallest absolute Gasteiger partial charge is 0.332 e. The molecule has 0 saturated heterocycles. The van der Waals surface area contributed by atoms with Crippen molar-refractivity contribution in [2.24, 2.45) is 0 Å². The van der Waals surface area contributed by atoms with E-state index in [1.54, 1.807) is 7.11 Å². The van der Waals surface area contributed by atoms with Crippen molar-refractivity contribution in [2.75, 3.05) is 13.4 Å². The molecule has 190 valence electrons. The van der Waals surface area contributed by atoms with Gasteiger partial charge in [-0.1, -0.05) is 45.5 Å². The van der Waals surface area contributed by atoms with E-state index in [-0.39, 0.29) is 11.3 Å². The minimum Gasteiger partial charge on any atom is -0.496 e. The lowest BCUT2D eigenvalue weighted by molar-refractivity contribution is 0.399. The fourth-order valence-corrected chi connectivity index (χ4v) is 5.44. The van der Waals surface area contributed by atoms with Gasteiger partial charge in [0.05, 0.1) is 19.1 Å². The molecule has 0 bridgehead atoms. The number of rotatable bonds is 6. The van der Waals surface area contributed by atoms with Gasteiger partial charge >= 0.3 is 5.69 Å². The first-order valence-corrected chi connectivity index (χ1v) is 13.5. The van der Waals surface area contributed by atoms with E-state index in [0.717, 1.165) is 46.9 Å². The lowest BCUT2D eigenvalue weighted by Crippen LogP contribution is -2.27. The summed E-state index contributed by atoms with van der Waals surface area (Å²) in [5, 5.41) is 0. The zero-order chi connectivity index (χ0) is 26.4. The number of aryl methyl sites for hydroxylation is 1. The summed E-state index contributed by atoms with van der Waals surface area (Å²) in [7, 11) is -1.77. The third-order valence-corrected chi connectivity index (χ3v) is 7.09. The van der Waals surface area contributed by atoms with Crippen LogP contribution in [0.5, 0.6) is 5.75 Å². The molecule has 0 unspecified atom stereocenters. The van der Waals surface area contributed by atoms with Crippen molar-refractivity contribution in [1.29, 1.82) is 0 Å². The van der Waals surface area contributed by atoms with E-state index < -0.39 is 21.3 Å². The van der Waals surface area contributed by atoms with Crippen LogP contribution < -0.4 is 20.7 Å². The second-order valence-corrected chi connectivity index (χ2v) is 12.0. The maximum absolute atomic E-state index is 12.6. The Hall–Kier alpha value is -3.59. The maximum atomic E-state index is 12.6. The molecule has 4 rings (SSSR count). The zero-order valence-corrected chi connectivity index (χ0v) is 22.0. The Morgan fingerprint density at radius 3 is 2.50 bits per heavy atom. The van der Waals surface area contributed by atoms with Gasteiger partial charge in [-0.2, -0.15) is 0 Å². The third kappa shape index (κ3) is 5.02. The van der Waals surface area contributed by atoms with E-state index >= 15 is 0 Å². The van der Waals surface area contributed by atoms with Gasteiger partial charge in [0.15, 0.2) is 0 Å². The molecule has 0 spiro atoms. The van der Waals surface area contributed by atoms with Crippen LogP contribution in [0.4, 0.5) is 0 Å². The molecule has 0 amide bonds. The zero-order valence-electron chi connectivity index (χ0n) is 21.1. The number of fused-ring (bicyclic) bond motifs is 1. The van der Waals surface area contributed by atoms with Gasteiger partial charge in [0.1, 0.15) is 5.75 Å². The molecule has 0 aliphatic heterocycles. The van der Waals surface area contributed by atoms with Gasteiger partial charge in [0.25, 0.3) is 5.56 Å². The Balaban J connectivity index is 1.87. The SMILES string of the molecule is C=C(NS(C)(=O)=O)[C@@H]1CCc2cc(-c3cc(-n4ccc(=O)[nH]c4=O)cc(C(C)(C)C)c3OC)ccc21. The van der Waals surface area contributed by atoms with Gasteiger partial charge in [-0.25, -0.2) is 13.2 Å². The Morgan fingerprint density at radius 2 is 1.89 bits per heavy atom. The molecule has 1 aliphatic rings. The number of nitrogens with zero attached hydrogens (tertiary/aromatic N) is 1. The number of benzene rings is 2. The first-order valence-electron chi connectivity index (χ1n) is 11.6. The average molecular weight is 510 g/mol. The molecule has 1 aliphatic carbocycles. The minimum atomic E-state index is -3.40. The number of methoxy groups -OCH3 is 1. The number of allylic oxidation sites excluding steroid dienone is 1. The van der Waals surface area contributed by atoms with E-state index in [1.165, 1.54) is 16.8 Å². The quantitative estimate of drug-likeness (QED) is 0.528. The van der Waals surface area contributed by atoms with E-state index in [0.29, 0.717) is 17.1 Å². The molecular weight excluding hydrogens is 478 g/mol. The van der Waals surface area contributed by atoms with Gasteiger partial charge in [0, 0.05) is 35.0 Å². The number of hydrogen-bond acceptors (Lipinski definition) is 5. The Morgan fingerprint density at radius 1 is 1.17 bits per heavy atom. The van der Waals surface area contributed by atoms with Crippen LogP contribution in [0, 0.1) is 0 Å². The van der Waals surface area contributed by atoms with Crippen molar-refractivity contribution in [1.82, 2.24) is 14.3 Å². The summed E-state index contributed by atoms with van der Waals surface area (Å²) >= 11 is 0. The monoisotopic (exact) mass is 509 g/mol. The third-order valence-electron chi connectivity index (χ3n) is 6.46. The average Bonchev–Trinajstić information content (AvgIpc) is 3.20. The minimum absolute atomic E-state index is 0.0955. The molecule has 36 heavy (non-hydrogen) atoms. The standard InChI is InChI=1S/C27H31N3O5S/c1-16(29-36(6,33)34)20-9-7-17-13-18(8-10-21(17)20)22-14-19(30-12-11-24(31)28-26(30)32)15-23(25(22)35-5)27(2,3)4/h8,10-15,20,29H,1,7,9H2,2-6H3,(H,28,31,32)/t20-/m0/s1. The molecule has 0 radical (unpaired) electrons. The Kier molecular flexibility index (Phi) is 6.47. The summed E-state index contributed by atoms with van der Waals surface area (Å²) in [6, 6.07) is 11.2. The molecule has 0 fully saturated rings. The Bertz CT molecular complexity index is 1580. The summed E-state index contributed by atoms with van der Waals surface area (Å²) in [4.78, 5) is 26.5. The van der Waals surface area contributed by atoms with Crippen LogP contribution in [0.15, 0.2) is 64.5 Å². The fourth-order valence-electron chi connectivity index (χ4n) is 4.82. The molecule has 1 aromatic heterocycles. The fraction of sp³-hybridized carbons (Fsp3) is 0.333. The molecule has 2 N–H and O–H groups in total. The van der Waals surface area contributed by atoms with Crippen LogP contribution in [-0.2, 0) is 21.9 Å². The molecule has 1 heterocycles. The van der Waals surface area contributed by atoms with E-state index in [2.05, 4.69) is 43.1 Å². The maximum Gasteiger partial charge on any atom is 0.332 e. The number of sulfonamides is 1. The lowest BCUT2D eigenvalue weighted by atomic mass is 9.83. The molecule has 8 nitrogen and oxygen atoms in total. The predicted octanol–water partition coefficient (Wildman–Crippen LogP) is 3.59. The van der Waals surface area contributed by atoms with E-state index in [1.807, 2.05) is 24.3 Å². The first kappa shape index (κ1) is 25.5. The highest BCUT2D eigenvalue weighted by Gasteiger charge is 2.28. The highest BCUT2D eigenvalue weighted by atomic mass is 32.2. The van der Waals surface area contributed by atoms with Crippen LogP contribution in [0.1, 0.15) is 49.8 Å². The van der Waals surface area contributed by atoms with Gasteiger partial charge in [-0.15, -0.1) is 0 Å². The van der Waals surface area contributed by atoms with Crippen LogP contribution in [-0.4, -0.2) is 31.3 Å². The highest BCUT2D eigenvalue weighted by molar-refractivity contribution is 7.88. The topological polar surface area (TPSA) is 110 Å². The van der Waals surface area contributed by atoms with Crippen molar-refractivity contribution in [2.45, 2.75) is 44.9 Å². The van der Waals surface area contributed by atoms with Gasteiger partial charge in [-0.05, 0) is 47.1 Å². The van der Waals surface area contributed by atoms with Crippen LogP contribution in [0.25, 0.3) is 16.8 Å². The van der Waals surface area contributed by atoms with Crippen molar-refractivity contribution in [3.05, 3.63) is 92.4 Å². The van der Waals surface area contributed by atoms with Gasteiger partial charge in [0.2, 0.25) is 10.0 Å². The summed E-state index contributed by atoms with van der Waals surface area (Å²) in [6.07, 6.45) is 4.13. The summed E-state index contributed by atoms with van der Waals surface area (Å²) < 4.78 is 33.2. The summed E-state index contributed by atoms with van der Waals surface area (Å²) in [6.45, 7) is 10.2. The van der Waals surface area contributed by atoms with Crippen LogP contribution >= 0.6 is 0 Å². The summed E-state index contributed by atoms with van der Waals surface area (Å²) in [5.74, 6) is 0.614. The lowest BCUT2D eigenvalue weighted by Gasteiger charge is -2.26. The number of hydrogen-bond donors (Lipinski definition) is 2. The number of H-pyrrole nitrogens is 1. The molecule has 0 saturated carbocycles. The van der Waals surface area contributed by atoms with Gasteiger partial charge in [-0.3, -0.25) is 19.1 Å². The van der Waals surface area contributed by atoms with Gasteiger partial charge < -0.3 is 4.74 Å². The number of aromatic amines is 1. The van der Waals surface area contributed by atoms with E-state index in [9.17, 15) is 18.0 Å². The second kappa shape index (κ2) is 9.13. The van der Waals surface area contributed by atoms with Crippen LogP contribution in [0.2, 0.25) is 0 Å². The summed E-state index contributed by atoms with van der Waals surface area (Å²) in [5.41, 5.74) is 4.61. The molecule has 2 aromatic carbocycles. The predicted molar refractivity (Wildman–Crippen MR) is 142 cm³/mol. The van der Waals surface area contributed by atoms with Crippen molar-refractivity contribution < 1.29 is 13.2 Å². The van der Waals surface area contributed by atoms with Crippen molar-refractivity contribution in [3.8, 4) is 22.6 Å². The van der Waals surface area contributed by atoms with E-state index in [4.69, 9.17) is 4.74 Å². The van der Waals surface area contributed by atoms with Crippen molar-refractivity contribution >= 4 is 10.0 Å².